The first kappa shape index (κ1) is 18.1. The number of allylic oxidation sites excluding steroid dienone is 1. The van der Waals surface area contributed by atoms with Gasteiger partial charge in [-0.2, -0.15) is 0 Å². The molecule has 1 amide bonds. The molecule has 28 heavy (non-hydrogen) atoms. The third-order valence-corrected chi connectivity index (χ3v) is 4.91. The van der Waals surface area contributed by atoms with E-state index in [0.29, 0.717) is 17.2 Å². The van der Waals surface area contributed by atoms with Gasteiger partial charge >= 0.3 is 0 Å². The number of nitrogens with one attached hydrogen (secondary N) is 2. The fourth-order valence-electron chi connectivity index (χ4n) is 3.40. The molecular formula is C22H23N5O. The van der Waals surface area contributed by atoms with Crippen molar-refractivity contribution in [2.75, 3.05) is 17.2 Å². The van der Waals surface area contributed by atoms with Gasteiger partial charge in [-0.15, -0.1) is 0 Å². The van der Waals surface area contributed by atoms with Gasteiger partial charge in [0.05, 0.1) is 16.8 Å². The van der Waals surface area contributed by atoms with Crippen LogP contribution in [-0.4, -0.2) is 27.4 Å². The highest BCUT2D eigenvalue weighted by molar-refractivity contribution is 6.08. The number of carbonyl (C=O) groups excluding carboxylic acids is 1. The van der Waals surface area contributed by atoms with E-state index in [0.717, 1.165) is 23.9 Å². The van der Waals surface area contributed by atoms with Crippen molar-refractivity contribution in [1.82, 2.24) is 15.0 Å². The molecule has 6 heteroatoms. The zero-order valence-electron chi connectivity index (χ0n) is 15.7. The molecule has 2 heterocycles. The van der Waals surface area contributed by atoms with Crippen molar-refractivity contribution in [2.24, 2.45) is 0 Å². The van der Waals surface area contributed by atoms with E-state index in [4.69, 9.17) is 0 Å². The summed E-state index contributed by atoms with van der Waals surface area (Å²) >= 11 is 0. The van der Waals surface area contributed by atoms with E-state index >= 15 is 0 Å². The number of pyridine rings is 1. The van der Waals surface area contributed by atoms with Gasteiger partial charge in [-0.1, -0.05) is 29.8 Å². The second-order valence-electron chi connectivity index (χ2n) is 6.92. The number of hydrogen-bond donors (Lipinski definition) is 2. The summed E-state index contributed by atoms with van der Waals surface area (Å²) in [5.74, 6) is 0.289. The van der Waals surface area contributed by atoms with Gasteiger partial charge in [-0.25, -0.2) is 9.97 Å². The topological polar surface area (TPSA) is 79.8 Å². The van der Waals surface area contributed by atoms with E-state index in [1.54, 1.807) is 18.6 Å². The molecule has 1 aliphatic rings. The molecule has 6 nitrogen and oxygen atoms in total. The zero-order valence-corrected chi connectivity index (χ0v) is 15.7. The lowest BCUT2D eigenvalue weighted by molar-refractivity contribution is 0.102. The van der Waals surface area contributed by atoms with Crippen LogP contribution in [0, 0.1) is 0 Å². The number of anilines is 2. The zero-order chi connectivity index (χ0) is 19.2. The Hall–Kier alpha value is -3.28. The summed E-state index contributed by atoms with van der Waals surface area (Å²) in [5.41, 5.74) is 3.35. The summed E-state index contributed by atoms with van der Waals surface area (Å²) in [4.78, 5) is 25.4. The smallest absolute Gasteiger partial charge is 0.258 e. The minimum Gasteiger partial charge on any atom is -0.354 e. The lowest BCUT2D eigenvalue weighted by atomic mass is 9.97. The van der Waals surface area contributed by atoms with Crippen molar-refractivity contribution < 1.29 is 4.79 Å². The number of fused-ring (bicyclic) bond motifs is 1. The quantitative estimate of drug-likeness (QED) is 0.618. The Morgan fingerprint density at radius 3 is 2.71 bits per heavy atom. The van der Waals surface area contributed by atoms with E-state index in [1.807, 2.05) is 30.3 Å². The largest absolute Gasteiger partial charge is 0.354 e. The van der Waals surface area contributed by atoms with Crippen molar-refractivity contribution in [1.29, 1.82) is 0 Å². The first-order valence-electron chi connectivity index (χ1n) is 9.68. The highest BCUT2D eigenvalue weighted by Crippen LogP contribution is 2.21. The second-order valence-corrected chi connectivity index (χ2v) is 6.92. The predicted octanol–water partition coefficient (Wildman–Crippen LogP) is 4.58. The molecule has 0 spiro atoms. The van der Waals surface area contributed by atoms with Gasteiger partial charge in [-0.3, -0.25) is 9.78 Å². The van der Waals surface area contributed by atoms with E-state index in [-0.39, 0.29) is 5.91 Å². The SMILES string of the molecule is O=C(Nc1cccc2cccnc12)c1cnc(NCCC2=CCCCC2)nc1. The number of rotatable bonds is 6. The van der Waals surface area contributed by atoms with Gasteiger partial charge in [0.2, 0.25) is 5.95 Å². The molecule has 0 saturated heterocycles. The van der Waals surface area contributed by atoms with Crippen molar-refractivity contribution in [3.63, 3.8) is 0 Å². The summed E-state index contributed by atoms with van der Waals surface area (Å²) in [6.45, 7) is 0.805. The first-order chi connectivity index (χ1) is 13.8. The maximum absolute atomic E-state index is 12.5. The maximum atomic E-state index is 12.5. The van der Waals surface area contributed by atoms with Gasteiger partial charge in [0.15, 0.2) is 0 Å². The monoisotopic (exact) mass is 373 g/mol. The average Bonchev–Trinajstić information content (AvgIpc) is 2.75. The molecule has 2 N–H and O–H groups in total. The third-order valence-electron chi connectivity index (χ3n) is 4.91. The van der Waals surface area contributed by atoms with Gasteiger partial charge < -0.3 is 10.6 Å². The molecule has 4 rings (SSSR count). The highest BCUT2D eigenvalue weighted by Gasteiger charge is 2.10. The molecule has 0 atom stereocenters. The predicted molar refractivity (Wildman–Crippen MR) is 111 cm³/mol. The standard InChI is InChI=1S/C22H23N5O/c28-21(27-19-10-4-8-17-9-5-12-23-20(17)19)18-14-25-22(26-15-18)24-13-11-16-6-2-1-3-7-16/h4-6,8-10,12,14-15H,1-3,7,11,13H2,(H,27,28)(H,24,25,26). The number of hydrogen-bond acceptors (Lipinski definition) is 5. The van der Waals surface area contributed by atoms with Crippen molar-refractivity contribution >= 4 is 28.4 Å². The number of aromatic nitrogens is 3. The Balaban J connectivity index is 1.36. The Morgan fingerprint density at radius 2 is 1.89 bits per heavy atom. The van der Waals surface area contributed by atoms with E-state index in [1.165, 1.54) is 31.3 Å². The molecule has 1 aromatic carbocycles. The summed E-state index contributed by atoms with van der Waals surface area (Å²) in [6, 6.07) is 9.53. The molecule has 0 fully saturated rings. The van der Waals surface area contributed by atoms with Crippen molar-refractivity contribution in [3.05, 3.63) is 66.1 Å². The lowest BCUT2D eigenvalue weighted by Crippen LogP contribution is -2.14. The maximum Gasteiger partial charge on any atom is 0.258 e. The number of para-hydroxylation sites is 1. The van der Waals surface area contributed by atoms with E-state index < -0.39 is 0 Å². The molecule has 3 aromatic rings. The molecule has 1 aliphatic carbocycles. The van der Waals surface area contributed by atoms with E-state index in [9.17, 15) is 4.79 Å². The van der Waals surface area contributed by atoms with Crippen LogP contribution in [0.25, 0.3) is 10.9 Å². The molecule has 2 aromatic heterocycles. The summed E-state index contributed by atoms with van der Waals surface area (Å²) in [6.07, 6.45) is 13.2. The van der Waals surface area contributed by atoms with Crippen molar-refractivity contribution in [2.45, 2.75) is 32.1 Å². The summed E-state index contributed by atoms with van der Waals surface area (Å²) in [7, 11) is 0. The van der Waals surface area contributed by atoms with Crippen LogP contribution in [-0.2, 0) is 0 Å². The molecule has 0 unspecified atom stereocenters. The minimum atomic E-state index is -0.253. The van der Waals surface area contributed by atoms with Crippen LogP contribution in [0.4, 0.5) is 11.6 Å². The van der Waals surface area contributed by atoms with Crippen LogP contribution in [0.15, 0.2) is 60.6 Å². The molecule has 0 bridgehead atoms. The van der Waals surface area contributed by atoms with Crippen LogP contribution in [0.5, 0.6) is 0 Å². The fourth-order valence-corrected chi connectivity index (χ4v) is 3.40. The van der Waals surface area contributed by atoms with Crippen LogP contribution < -0.4 is 10.6 Å². The van der Waals surface area contributed by atoms with Crippen LogP contribution >= 0.6 is 0 Å². The Bertz CT molecular complexity index is 992. The molecular weight excluding hydrogens is 350 g/mol. The lowest BCUT2D eigenvalue weighted by Gasteiger charge is -2.13. The van der Waals surface area contributed by atoms with Crippen LogP contribution in [0.1, 0.15) is 42.5 Å². The van der Waals surface area contributed by atoms with Gasteiger partial charge in [0.1, 0.15) is 0 Å². The summed E-state index contributed by atoms with van der Waals surface area (Å²) < 4.78 is 0. The number of nitrogens with zero attached hydrogens (tertiary/aromatic N) is 3. The Morgan fingerprint density at radius 1 is 1.04 bits per heavy atom. The fraction of sp³-hybridized carbons (Fsp3) is 0.273. The van der Waals surface area contributed by atoms with E-state index in [2.05, 4.69) is 31.7 Å². The van der Waals surface area contributed by atoms with Crippen LogP contribution in [0.3, 0.4) is 0 Å². The van der Waals surface area contributed by atoms with Gasteiger partial charge in [0, 0.05) is 30.5 Å². The third kappa shape index (κ3) is 4.34. The normalized spacial score (nSPS) is 13.8. The Labute approximate surface area is 164 Å². The second kappa shape index (κ2) is 8.61. The molecule has 0 aliphatic heterocycles. The van der Waals surface area contributed by atoms with Gasteiger partial charge in [-0.05, 0) is 44.2 Å². The highest BCUT2D eigenvalue weighted by atomic mass is 16.1. The summed E-state index contributed by atoms with van der Waals surface area (Å²) in [5, 5.41) is 7.10. The average molecular weight is 373 g/mol. The molecule has 142 valence electrons. The molecule has 0 radical (unpaired) electrons. The molecule has 0 saturated carbocycles. The van der Waals surface area contributed by atoms with Crippen molar-refractivity contribution in [3.8, 4) is 0 Å². The van der Waals surface area contributed by atoms with Gasteiger partial charge in [0.25, 0.3) is 5.91 Å². The Kier molecular flexibility index (Phi) is 5.56. The number of benzene rings is 1. The minimum absolute atomic E-state index is 0.253. The van der Waals surface area contributed by atoms with Crippen LogP contribution in [0.2, 0.25) is 0 Å². The first-order valence-corrected chi connectivity index (χ1v) is 9.68. The number of carbonyl (C=O) groups is 1. The number of amides is 1.